The Morgan fingerprint density at radius 2 is 0.871 bits per heavy atom. The summed E-state index contributed by atoms with van der Waals surface area (Å²) in [5, 5.41) is 9.14. The van der Waals surface area contributed by atoms with Gasteiger partial charge in [-0.15, -0.1) is 0 Å². The molecule has 4 heteroatoms. The van der Waals surface area contributed by atoms with Crippen molar-refractivity contribution in [1.82, 2.24) is 4.57 Å². The number of rotatable bonds is 6. The molecule has 0 saturated carbocycles. The van der Waals surface area contributed by atoms with Gasteiger partial charge >= 0.3 is 0 Å². The van der Waals surface area contributed by atoms with Gasteiger partial charge in [0.25, 0.3) is 0 Å². The molecular weight excluding hydrogens is 757 g/mol. The third-order valence-corrected chi connectivity index (χ3v) is 12.6. The van der Waals surface area contributed by atoms with Gasteiger partial charge in [-0.3, -0.25) is 0 Å². The predicted molar refractivity (Wildman–Crippen MR) is 258 cm³/mol. The van der Waals surface area contributed by atoms with Crippen LogP contribution in [0.3, 0.4) is 0 Å². The SMILES string of the molecule is c1ccc(N(c2cccc3ccccc23)c2ccc(-c3ccc(-n4c5ccccc5c5ccccc54)cc3)c3oc4ccccc4c23)c(-c2cccc3oc4ccccc4c23)c1. The van der Waals surface area contributed by atoms with Gasteiger partial charge in [0.2, 0.25) is 0 Å². The van der Waals surface area contributed by atoms with E-state index >= 15 is 0 Å². The van der Waals surface area contributed by atoms with Crippen LogP contribution in [0.15, 0.2) is 227 Å². The van der Waals surface area contributed by atoms with Gasteiger partial charge in [0.05, 0.1) is 33.5 Å². The number of anilines is 3. The van der Waals surface area contributed by atoms with Crippen LogP contribution in [0.5, 0.6) is 0 Å². The highest BCUT2D eigenvalue weighted by Gasteiger charge is 2.26. The average molecular weight is 793 g/mol. The topological polar surface area (TPSA) is 34.5 Å². The number of benzene rings is 10. The van der Waals surface area contributed by atoms with Gasteiger partial charge in [-0.05, 0) is 83.2 Å². The third kappa shape index (κ3) is 5.14. The lowest BCUT2D eigenvalue weighted by Gasteiger charge is -2.30. The van der Waals surface area contributed by atoms with Gasteiger partial charge in [-0.1, -0.05) is 152 Å². The lowest BCUT2D eigenvalue weighted by Crippen LogP contribution is -2.12. The number of nitrogens with zero attached hydrogens (tertiary/aromatic N) is 2. The molecule has 62 heavy (non-hydrogen) atoms. The highest BCUT2D eigenvalue weighted by molar-refractivity contribution is 6.20. The molecule has 0 unspecified atom stereocenters. The van der Waals surface area contributed by atoms with Crippen LogP contribution in [0.4, 0.5) is 17.1 Å². The molecule has 10 aromatic carbocycles. The van der Waals surface area contributed by atoms with Crippen LogP contribution in [-0.4, -0.2) is 4.57 Å². The van der Waals surface area contributed by atoms with Crippen LogP contribution < -0.4 is 4.90 Å². The molecule has 13 rings (SSSR count). The summed E-state index contributed by atoms with van der Waals surface area (Å²) in [7, 11) is 0. The van der Waals surface area contributed by atoms with Crippen molar-refractivity contribution < 1.29 is 8.83 Å². The molecule has 0 radical (unpaired) electrons. The average Bonchev–Trinajstić information content (AvgIpc) is 4.02. The first-order valence-corrected chi connectivity index (χ1v) is 21.1. The van der Waals surface area contributed by atoms with Crippen LogP contribution >= 0.6 is 0 Å². The Morgan fingerprint density at radius 1 is 0.323 bits per heavy atom. The summed E-state index contributed by atoms with van der Waals surface area (Å²) in [6.45, 7) is 0. The minimum atomic E-state index is 0.846. The van der Waals surface area contributed by atoms with Crippen molar-refractivity contribution in [3.63, 3.8) is 0 Å². The van der Waals surface area contributed by atoms with Gasteiger partial charge < -0.3 is 18.3 Å². The third-order valence-electron chi connectivity index (χ3n) is 12.6. The Balaban J connectivity index is 1.05. The fourth-order valence-electron chi connectivity index (χ4n) is 9.90. The van der Waals surface area contributed by atoms with Gasteiger partial charge in [-0.2, -0.15) is 0 Å². The fraction of sp³-hybridized carbons (Fsp3) is 0. The molecule has 3 aromatic heterocycles. The molecule has 0 amide bonds. The first-order chi connectivity index (χ1) is 30.8. The second kappa shape index (κ2) is 13.6. The molecule has 290 valence electrons. The molecule has 0 aliphatic rings. The second-order valence-corrected chi connectivity index (χ2v) is 16.0. The Bertz CT molecular complexity index is 3830. The molecule has 0 bridgehead atoms. The first kappa shape index (κ1) is 34.5. The molecule has 0 atom stereocenters. The smallest absolute Gasteiger partial charge is 0.145 e. The summed E-state index contributed by atoms with van der Waals surface area (Å²) in [6, 6.07) is 77.9. The van der Waals surface area contributed by atoms with Crippen LogP contribution in [0, 0.1) is 0 Å². The summed E-state index contributed by atoms with van der Waals surface area (Å²) in [5.74, 6) is 0. The molecule has 0 aliphatic carbocycles. The zero-order chi connectivity index (χ0) is 40.7. The minimum absolute atomic E-state index is 0.846. The zero-order valence-corrected chi connectivity index (χ0v) is 33.5. The Labute approximate surface area is 356 Å². The van der Waals surface area contributed by atoms with Crippen molar-refractivity contribution in [3.05, 3.63) is 218 Å². The molecule has 0 spiro atoms. The number of furan rings is 2. The van der Waals surface area contributed by atoms with E-state index in [2.05, 4.69) is 216 Å². The van der Waals surface area contributed by atoms with Gasteiger partial charge in [0.1, 0.15) is 22.3 Å². The normalized spacial score (nSPS) is 11.9. The van der Waals surface area contributed by atoms with Crippen molar-refractivity contribution in [1.29, 1.82) is 0 Å². The van der Waals surface area contributed by atoms with E-state index in [1.807, 2.05) is 12.1 Å². The van der Waals surface area contributed by atoms with Crippen LogP contribution in [0.25, 0.3) is 104 Å². The molecule has 0 aliphatic heterocycles. The monoisotopic (exact) mass is 792 g/mol. The van der Waals surface area contributed by atoms with Gasteiger partial charge in [-0.25, -0.2) is 0 Å². The number of fused-ring (bicyclic) bond motifs is 10. The van der Waals surface area contributed by atoms with E-state index in [9.17, 15) is 0 Å². The molecule has 0 N–H and O–H groups in total. The van der Waals surface area contributed by atoms with Crippen molar-refractivity contribution in [2.75, 3.05) is 4.90 Å². The summed E-state index contributed by atoms with van der Waals surface area (Å²) < 4.78 is 15.8. The fourth-order valence-corrected chi connectivity index (χ4v) is 9.90. The van der Waals surface area contributed by atoms with Gasteiger partial charge in [0, 0.05) is 49.1 Å². The number of hydrogen-bond donors (Lipinski definition) is 0. The van der Waals surface area contributed by atoms with E-state index in [4.69, 9.17) is 8.83 Å². The van der Waals surface area contributed by atoms with Crippen LogP contribution in [0.2, 0.25) is 0 Å². The van der Waals surface area contributed by atoms with E-state index in [0.29, 0.717) is 0 Å². The molecule has 3 heterocycles. The summed E-state index contributed by atoms with van der Waals surface area (Å²) in [5.41, 5.74) is 14.4. The number of para-hydroxylation sites is 5. The van der Waals surface area contributed by atoms with Crippen LogP contribution in [-0.2, 0) is 0 Å². The zero-order valence-electron chi connectivity index (χ0n) is 33.5. The van der Waals surface area contributed by atoms with Crippen molar-refractivity contribution >= 4 is 93.5 Å². The maximum absolute atomic E-state index is 6.97. The largest absolute Gasteiger partial charge is 0.456 e. The summed E-state index contributed by atoms with van der Waals surface area (Å²) >= 11 is 0. The van der Waals surface area contributed by atoms with Gasteiger partial charge in [0.15, 0.2) is 0 Å². The quantitative estimate of drug-likeness (QED) is 0.168. The standard InChI is InChI=1S/C58H36N2O2/c1-2-17-40-37(15-1)16-13-27-48(40)60(51-26-10-5-20-44(51)45-23-14-30-55-56(45)46-21-6-11-28-53(46)61-55)52-36-35-41(58-57(52)47-22-7-12-29-54(47)62-58)38-31-33-39(34-32-38)59-49-24-8-3-18-42(49)43-19-4-9-25-50(43)59/h1-36H. The number of aromatic nitrogens is 1. The Morgan fingerprint density at radius 3 is 1.65 bits per heavy atom. The lowest BCUT2D eigenvalue weighted by molar-refractivity contribution is 0.669. The summed E-state index contributed by atoms with van der Waals surface area (Å²) in [6.07, 6.45) is 0. The van der Waals surface area contributed by atoms with E-state index in [-0.39, 0.29) is 0 Å². The highest BCUT2D eigenvalue weighted by atomic mass is 16.3. The highest BCUT2D eigenvalue weighted by Crippen LogP contribution is 2.50. The second-order valence-electron chi connectivity index (χ2n) is 16.0. The van der Waals surface area contributed by atoms with Crippen molar-refractivity contribution in [2.24, 2.45) is 0 Å². The van der Waals surface area contributed by atoms with Crippen LogP contribution in [0.1, 0.15) is 0 Å². The molecule has 13 aromatic rings. The molecule has 0 saturated heterocycles. The molecular formula is C58H36N2O2. The Kier molecular flexibility index (Phi) is 7.57. The molecule has 0 fully saturated rings. The van der Waals surface area contributed by atoms with Crippen molar-refractivity contribution in [3.8, 4) is 27.9 Å². The maximum atomic E-state index is 6.97. The van der Waals surface area contributed by atoms with E-state index in [0.717, 1.165) is 94.3 Å². The number of hydrogen-bond acceptors (Lipinski definition) is 3. The van der Waals surface area contributed by atoms with E-state index in [1.165, 1.54) is 27.2 Å². The maximum Gasteiger partial charge on any atom is 0.145 e. The van der Waals surface area contributed by atoms with Crippen molar-refractivity contribution in [2.45, 2.75) is 0 Å². The Hall–Kier alpha value is -8.34. The minimum Gasteiger partial charge on any atom is -0.456 e. The first-order valence-electron chi connectivity index (χ1n) is 21.1. The van der Waals surface area contributed by atoms with E-state index in [1.54, 1.807) is 0 Å². The molecule has 4 nitrogen and oxygen atoms in total. The van der Waals surface area contributed by atoms with E-state index < -0.39 is 0 Å². The lowest BCUT2D eigenvalue weighted by atomic mass is 9.95. The summed E-state index contributed by atoms with van der Waals surface area (Å²) in [4.78, 5) is 2.44. The predicted octanol–water partition coefficient (Wildman–Crippen LogP) is 16.5.